The number of anilines is 1. The van der Waals surface area contributed by atoms with Crippen LogP contribution in [0.4, 0.5) is 11.4 Å². The van der Waals surface area contributed by atoms with E-state index >= 15 is 0 Å². The van der Waals surface area contributed by atoms with Crippen LogP contribution in [0.2, 0.25) is 0 Å². The third-order valence-electron chi connectivity index (χ3n) is 3.24. The molecule has 0 saturated carbocycles. The Morgan fingerprint density at radius 1 is 1.42 bits per heavy atom. The van der Waals surface area contributed by atoms with Crippen molar-refractivity contribution in [3.63, 3.8) is 0 Å². The van der Waals surface area contributed by atoms with E-state index < -0.39 is 10.5 Å². The number of nitrogens with two attached hydrogens (primary N) is 1. The Bertz CT molecular complexity index is 524. The zero-order valence-electron chi connectivity index (χ0n) is 11.6. The SMILES string of the molecule is CCC(C)(N)C(=O)Nc1cc(C)c([N+](=O)[O-])cc1C. The first-order valence-corrected chi connectivity index (χ1v) is 6.05. The van der Waals surface area contributed by atoms with Gasteiger partial charge in [-0.15, -0.1) is 0 Å². The Morgan fingerprint density at radius 3 is 2.47 bits per heavy atom. The summed E-state index contributed by atoms with van der Waals surface area (Å²) in [6.07, 6.45) is 0.504. The molecule has 1 unspecified atom stereocenters. The fourth-order valence-corrected chi connectivity index (χ4v) is 1.56. The minimum Gasteiger partial charge on any atom is -0.324 e. The fourth-order valence-electron chi connectivity index (χ4n) is 1.56. The van der Waals surface area contributed by atoms with Gasteiger partial charge in [0.1, 0.15) is 0 Å². The Labute approximate surface area is 112 Å². The van der Waals surface area contributed by atoms with Gasteiger partial charge < -0.3 is 11.1 Å². The van der Waals surface area contributed by atoms with Gasteiger partial charge in [-0.1, -0.05) is 6.92 Å². The largest absolute Gasteiger partial charge is 0.324 e. The maximum Gasteiger partial charge on any atom is 0.272 e. The second-order valence-electron chi connectivity index (χ2n) is 4.94. The van der Waals surface area contributed by atoms with Crippen LogP contribution < -0.4 is 11.1 Å². The summed E-state index contributed by atoms with van der Waals surface area (Å²) in [7, 11) is 0. The molecule has 1 atom stereocenters. The van der Waals surface area contributed by atoms with Crippen LogP contribution in [-0.4, -0.2) is 16.4 Å². The lowest BCUT2D eigenvalue weighted by atomic mass is 9.99. The van der Waals surface area contributed by atoms with E-state index in [0.29, 0.717) is 23.2 Å². The molecule has 0 aromatic heterocycles. The highest BCUT2D eigenvalue weighted by atomic mass is 16.6. The number of hydrogen-bond acceptors (Lipinski definition) is 4. The van der Waals surface area contributed by atoms with Crippen LogP contribution >= 0.6 is 0 Å². The van der Waals surface area contributed by atoms with Crippen LogP contribution in [-0.2, 0) is 4.79 Å². The first kappa shape index (κ1) is 15.1. The number of amides is 1. The summed E-state index contributed by atoms with van der Waals surface area (Å²) in [5.41, 5.74) is 6.63. The van der Waals surface area contributed by atoms with Crippen molar-refractivity contribution < 1.29 is 9.72 Å². The number of nitro benzene ring substituents is 1. The summed E-state index contributed by atoms with van der Waals surface area (Å²) >= 11 is 0. The standard InChI is InChI=1S/C13H19N3O3/c1-5-13(4,14)12(17)15-10-6-9(3)11(16(18)19)7-8(10)2/h6-7H,5,14H2,1-4H3,(H,15,17). The third kappa shape index (κ3) is 3.29. The Morgan fingerprint density at radius 2 is 2.00 bits per heavy atom. The second-order valence-corrected chi connectivity index (χ2v) is 4.94. The van der Waals surface area contributed by atoms with E-state index in [1.165, 1.54) is 6.07 Å². The lowest BCUT2D eigenvalue weighted by Crippen LogP contribution is -2.47. The molecule has 6 heteroatoms. The molecule has 0 radical (unpaired) electrons. The van der Waals surface area contributed by atoms with E-state index in [9.17, 15) is 14.9 Å². The van der Waals surface area contributed by atoms with Crippen LogP contribution in [0.5, 0.6) is 0 Å². The number of benzene rings is 1. The van der Waals surface area contributed by atoms with E-state index in [0.717, 1.165) is 0 Å². The van der Waals surface area contributed by atoms with Crippen molar-refractivity contribution in [2.45, 2.75) is 39.7 Å². The second kappa shape index (κ2) is 5.36. The van der Waals surface area contributed by atoms with Gasteiger partial charge in [0.15, 0.2) is 0 Å². The van der Waals surface area contributed by atoms with Crippen molar-refractivity contribution in [3.05, 3.63) is 33.4 Å². The highest BCUT2D eigenvalue weighted by Crippen LogP contribution is 2.26. The molecule has 0 spiro atoms. The number of hydrogen-bond donors (Lipinski definition) is 2. The van der Waals surface area contributed by atoms with Gasteiger partial charge >= 0.3 is 0 Å². The maximum atomic E-state index is 12.0. The quantitative estimate of drug-likeness (QED) is 0.644. The third-order valence-corrected chi connectivity index (χ3v) is 3.24. The van der Waals surface area contributed by atoms with E-state index in [1.54, 1.807) is 26.8 Å². The zero-order valence-corrected chi connectivity index (χ0v) is 11.6. The molecule has 0 aliphatic carbocycles. The van der Waals surface area contributed by atoms with Gasteiger partial charge in [-0.2, -0.15) is 0 Å². The molecule has 0 saturated heterocycles. The molecule has 0 fully saturated rings. The van der Waals surface area contributed by atoms with Crippen LogP contribution in [0.1, 0.15) is 31.4 Å². The van der Waals surface area contributed by atoms with Crippen molar-refractivity contribution in [1.82, 2.24) is 0 Å². The van der Waals surface area contributed by atoms with Gasteiger partial charge in [-0.25, -0.2) is 0 Å². The van der Waals surface area contributed by atoms with Crippen LogP contribution in [0.3, 0.4) is 0 Å². The van der Waals surface area contributed by atoms with Gasteiger partial charge in [-0.3, -0.25) is 14.9 Å². The highest BCUT2D eigenvalue weighted by molar-refractivity contribution is 5.98. The molecule has 1 aromatic carbocycles. The Kier molecular flexibility index (Phi) is 4.26. The minimum atomic E-state index is -0.956. The highest BCUT2D eigenvalue weighted by Gasteiger charge is 2.26. The summed E-state index contributed by atoms with van der Waals surface area (Å²) in [6.45, 7) is 6.82. The van der Waals surface area contributed by atoms with Crippen molar-refractivity contribution in [2.75, 3.05) is 5.32 Å². The van der Waals surface area contributed by atoms with E-state index in [2.05, 4.69) is 5.32 Å². The molecule has 0 heterocycles. The Hall–Kier alpha value is -1.95. The van der Waals surface area contributed by atoms with E-state index in [-0.39, 0.29) is 11.6 Å². The van der Waals surface area contributed by atoms with Gasteiger partial charge in [-0.05, 0) is 38.8 Å². The molecular formula is C13H19N3O3. The van der Waals surface area contributed by atoms with Crippen molar-refractivity contribution in [3.8, 4) is 0 Å². The van der Waals surface area contributed by atoms with Crippen molar-refractivity contribution in [1.29, 1.82) is 0 Å². The average molecular weight is 265 g/mol. The van der Waals surface area contributed by atoms with E-state index in [4.69, 9.17) is 5.73 Å². The first-order valence-electron chi connectivity index (χ1n) is 6.05. The van der Waals surface area contributed by atoms with Crippen LogP contribution in [0, 0.1) is 24.0 Å². The number of nitro groups is 1. The molecule has 104 valence electrons. The smallest absolute Gasteiger partial charge is 0.272 e. The lowest BCUT2D eigenvalue weighted by molar-refractivity contribution is -0.385. The number of carbonyl (C=O) groups is 1. The minimum absolute atomic E-state index is 0.0431. The molecule has 0 aliphatic rings. The van der Waals surface area contributed by atoms with Crippen molar-refractivity contribution in [2.24, 2.45) is 5.73 Å². The summed E-state index contributed by atoms with van der Waals surface area (Å²) in [5.74, 6) is -0.300. The Balaban J connectivity index is 3.08. The molecule has 0 aliphatic heterocycles. The number of nitrogens with one attached hydrogen (secondary N) is 1. The number of nitrogens with zero attached hydrogens (tertiary/aromatic N) is 1. The normalized spacial score (nSPS) is 13.7. The molecule has 1 aromatic rings. The molecular weight excluding hydrogens is 246 g/mol. The topological polar surface area (TPSA) is 98.3 Å². The monoisotopic (exact) mass is 265 g/mol. The van der Waals surface area contributed by atoms with Gasteiger partial charge in [0, 0.05) is 17.3 Å². The molecule has 6 nitrogen and oxygen atoms in total. The molecule has 3 N–H and O–H groups in total. The lowest BCUT2D eigenvalue weighted by Gasteiger charge is -2.22. The van der Waals surface area contributed by atoms with Crippen LogP contribution in [0.25, 0.3) is 0 Å². The number of aryl methyl sites for hydroxylation is 2. The van der Waals surface area contributed by atoms with E-state index in [1.807, 2.05) is 6.92 Å². The molecule has 1 amide bonds. The predicted molar refractivity (Wildman–Crippen MR) is 74.1 cm³/mol. The summed E-state index contributed by atoms with van der Waals surface area (Å²) in [6, 6.07) is 3.04. The summed E-state index contributed by atoms with van der Waals surface area (Å²) < 4.78 is 0. The zero-order chi connectivity index (χ0) is 14.8. The maximum absolute atomic E-state index is 12.0. The molecule has 19 heavy (non-hydrogen) atoms. The first-order chi connectivity index (χ1) is 8.69. The summed E-state index contributed by atoms with van der Waals surface area (Å²) in [4.78, 5) is 22.4. The van der Waals surface area contributed by atoms with Crippen LogP contribution in [0.15, 0.2) is 12.1 Å². The average Bonchev–Trinajstić information content (AvgIpc) is 2.32. The van der Waals surface area contributed by atoms with Crippen molar-refractivity contribution >= 4 is 17.3 Å². The molecule has 1 rings (SSSR count). The van der Waals surface area contributed by atoms with Gasteiger partial charge in [0.25, 0.3) is 5.69 Å². The number of carbonyl (C=O) groups excluding carboxylic acids is 1. The van der Waals surface area contributed by atoms with Gasteiger partial charge in [0.05, 0.1) is 10.5 Å². The fraction of sp³-hybridized carbons (Fsp3) is 0.462. The number of rotatable bonds is 4. The van der Waals surface area contributed by atoms with Gasteiger partial charge in [0.2, 0.25) is 5.91 Å². The summed E-state index contributed by atoms with van der Waals surface area (Å²) in [5, 5.41) is 13.5. The predicted octanol–water partition coefficient (Wildman–Crippen LogP) is 2.28. The molecule has 0 bridgehead atoms.